The summed E-state index contributed by atoms with van der Waals surface area (Å²) in [5.74, 6) is 1.65. The number of aromatic nitrogens is 4. The molecule has 0 atom stereocenters. The first kappa shape index (κ1) is 18.5. The van der Waals surface area contributed by atoms with E-state index in [-0.39, 0.29) is 5.56 Å². The van der Waals surface area contributed by atoms with Crippen molar-refractivity contribution in [3.05, 3.63) is 70.6 Å². The van der Waals surface area contributed by atoms with Crippen LogP contribution in [-0.4, -0.2) is 33.6 Å². The van der Waals surface area contributed by atoms with Gasteiger partial charge in [-0.2, -0.15) is 5.10 Å². The molecule has 0 aliphatic rings. The lowest BCUT2D eigenvalue weighted by Gasteiger charge is -2.12. The van der Waals surface area contributed by atoms with E-state index < -0.39 is 0 Å². The second kappa shape index (κ2) is 7.63. The van der Waals surface area contributed by atoms with Crippen molar-refractivity contribution in [2.24, 2.45) is 7.05 Å². The summed E-state index contributed by atoms with van der Waals surface area (Å²) < 4.78 is 13.8. The van der Waals surface area contributed by atoms with Crippen LogP contribution in [0.2, 0.25) is 0 Å². The van der Waals surface area contributed by atoms with Crippen molar-refractivity contribution in [2.75, 3.05) is 14.2 Å². The second-order valence-corrected chi connectivity index (χ2v) is 6.41. The fourth-order valence-corrected chi connectivity index (χ4v) is 3.18. The highest BCUT2D eigenvalue weighted by Crippen LogP contribution is 2.31. The van der Waals surface area contributed by atoms with Crippen LogP contribution in [0.15, 0.2) is 59.5 Å². The molecule has 0 N–H and O–H groups in total. The van der Waals surface area contributed by atoms with Gasteiger partial charge in [-0.3, -0.25) is 14.0 Å². The summed E-state index contributed by atoms with van der Waals surface area (Å²) in [5, 5.41) is 4.18. The number of fused-ring (bicyclic) bond motifs is 1. The zero-order chi connectivity index (χ0) is 20.4. The van der Waals surface area contributed by atoms with Crippen LogP contribution in [0.5, 0.6) is 11.5 Å². The third kappa shape index (κ3) is 3.38. The molecule has 2 aromatic heterocycles. The van der Waals surface area contributed by atoms with Gasteiger partial charge in [-0.1, -0.05) is 30.3 Å². The van der Waals surface area contributed by atoms with Gasteiger partial charge < -0.3 is 9.47 Å². The van der Waals surface area contributed by atoms with Crippen molar-refractivity contribution < 1.29 is 9.47 Å². The molecule has 0 bridgehead atoms. The molecule has 2 aromatic carbocycles. The first-order valence-corrected chi connectivity index (χ1v) is 9.02. The lowest BCUT2D eigenvalue weighted by Crippen LogP contribution is -2.21. The Balaban J connectivity index is 1.95. The van der Waals surface area contributed by atoms with Crippen LogP contribution in [0.1, 0.15) is 5.56 Å². The first-order valence-electron chi connectivity index (χ1n) is 9.02. The highest BCUT2D eigenvalue weighted by molar-refractivity contribution is 5.78. The Hall–Kier alpha value is -3.87. The van der Waals surface area contributed by atoms with Gasteiger partial charge in [-0.05, 0) is 29.8 Å². The van der Waals surface area contributed by atoms with E-state index in [9.17, 15) is 4.79 Å². The Kier molecular flexibility index (Phi) is 4.87. The molecule has 0 radical (unpaired) electrons. The summed E-state index contributed by atoms with van der Waals surface area (Å²) in [5.41, 5.74) is 2.47. The number of nitrogens with zero attached hydrogens (tertiary/aromatic N) is 4. The standard InChI is InChI=1S/C22H20N4O3/c1-25-20-17(14-23-25)24-21(16-9-10-18(28-2)19(13-16)29-3)26(22(20)27)12-11-15-7-5-4-6-8-15/h4-14H,1-3H3. The maximum Gasteiger partial charge on any atom is 0.284 e. The molecule has 0 amide bonds. The van der Waals surface area contributed by atoms with E-state index in [1.807, 2.05) is 42.5 Å². The first-order chi connectivity index (χ1) is 14.1. The van der Waals surface area contributed by atoms with E-state index in [1.54, 1.807) is 45.8 Å². The van der Waals surface area contributed by atoms with E-state index in [2.05, 4.69) is 5.10 Å². The summed E-state index contributed by atoms with van der Waals surface area (Å²) in [6.45, 7) is 0. The largest absolute Gasteiger partial charge is 0.493 e. The number of hydrogen-bond donors (Lipinski definition) is 0. The molecule has 4 rings (SSSR count). The lowest BCUT2D eigenvalue weighted by molar-refractivity contribution is 0.355. The maximum atomic E-state index is 13.3. The van der Waals surface area contributed by atoms with Gasteiger partial charge in [0.15, 0.2) is 17.0 Å². The number of benzene rings is 2. The average Bonchev–Trinajstić information content (AvgIpc) is 3.14. The summed E-state index contributed by atoms with van der Waals surface area (Å²) >= 11 is 0. The summed E-state index contributed by atoms with van der Waals surface area (Å²) in [6, 6.07) is 15.2. The zero-order valence-corrected chi connectivity index (χ0v) is 16.4. The quantitative estimate of drug-likeness (QED) is 0.524. The van der Waals surface area contributed by atoms with Gasteiger partial charge in [0, 0.05) is 18.8 Å². The molecule has 146 valence electrons. The van der Waals surface area contributed by atoms with Crippen molar-refractivity contribution in [3.63, 3.8) is 0 Å². The molecular weight excluding hydrogens is 368 g/mol. The molecule has 0 unspecified atom stereocenters. The molecule has 0 spiro atoms. The number of hydrogen-bond acceptors (Lipinski definition) is 5. The van der Waals surface area contributed by atoms with Crippen LogP contribution in [-0.2, 0) is 7.05 Å². The smallest absolute Gasteiger partial charge is 0.284 e. The number of ether oxygens (including phenoxy) is 2. The van der Waals surface area contributed by atoms with Gasteiger partial charge in [-0.25, -0.2) is 4.98 Å². The number of aryl methyl sites for hydroxylation is 1. The van der Waals surface area contributed by atoms with Crippen LogP contribution >= 0.6 is 0 Å². The van der Waals surface area contributed by atoms with Crippen molar-refractivity contribution in [1.29, 1.82) is 0 Å². The minimum atomic E-state index is -0.202. The Morgan fingerprint density at radius 1 is 1.00 bits per heavy atom. The minimum absolute atomic E-state index is 0.202. The minimum Gasteiger partial charge on any atom is -0.493 e. The van der Waals surface area contributed by atoms with E-state index in [0.29, 0.717) is 28.4 Å². The Morgan fingerprint density at radius 2 is 1.76 bits per heavy atom. The monoisotopic (exact) mass is 388 g/mol. The third-order valence-corrected chi connectivity index (χ3v) is 4.65. The van der Waals surface area contributed by atoms with E-state index >= 15 is 0 Å². The maximum absolute atomic E-state index is 13.3. The molecule has 7 nitrogen and oxygen atoms in total. The summed E-state index contributed by atoms with van der Waals surface area (Å²) in [6.07, 6.45) is 5.19. The molecule has 29 heavy (non-hydrogen) atoms. The van der Waals surface area contributed by atoms with E-state index in [0.717, 1.165) is 11.1 Å². The van der Waals surface area contributed by atoms with Crippen LogP contribution in [0.3, 0.4) is 0 Å². The predicted octanol–water partition coefficient (Wildman–Crippen LogP) is 3.44. The van der Waals surface area contributed by atoms with Gasteiger partial charge in [0.25, 0.3) is 5.56 Å². The van der Waals surface area contributed by atoms with Crippen molar-refractivity contribution in [2.45, 2.75) is 0 Å². The van der Waals surface area contributed by atoms with Crippen molar-refractivity contribution in [1.82, 2.24) is 19.3 Å². The molecule has 0 saturated carbocycles. The Bertz CT molecular complexity index is 1260. The molecule has 2 heterocycles. The van der Waals surface area contributed by atoms with Crippen molar-refractivity contribution in [3.8, 4) is 22.9 Å². The normalized spacial score (nSPS) is 11.3. The highest BCUT2D eigenvalue weighted by atomic mass is 16.5. The van der Waals surface area contributed by atoms with Gasteiger partial charge in [-0.15, -0.1) is 0 Å². The number of methoxy groups -OCH3 is 2. The van der Waals surface area contributed by atoms with E-state index in [4.69, 9.17) is 14.5 Å². The second-order valence-electron chi connectivity index (χ2n) is 6.41. The predicted molar refractivity (Wildman–Crippen MR) is 113 cm³/mol. The molecule has 4 aromatic rings. The highest BCUT2D eigenvalue weighted by Gasteiger charge is 2.16. The Morgan fingerprint density at radius 3 is 2.48 bits per heavy atom. The number of rotatable bonds is 5. The third-order valence-electron chi connectivity index (χ3n) is 4.65. The van der Waals surface area contributed by atoms with Gasteiger partial charge in [0.2, 0.25) is 0 Å². The van der Waals surface area contributed by atoms with E-state index in [1.165, 1.54) is 9.25 Å². The van der Waals surface area contributed by atoms with Crippen LogP contribution < -0.4 is 15.0 Å². The Labute approximate surface area is 167 Å². The molecule has 0 saturated heterocycles. The topological polar surface area (TPSA) is 71.2 Å². The molecule has 0 aliphatic carbocycles. The zero-order valence-electron chi connectivity index (χ0n) is 16.4. The molecule has 0 fully saturated rings. The van der Waals surface area contributed by atoms with Crippen molar-refractivity contribution >= 4 is 23.3 Å². The van der Waals surface area contributed by atoms with Gasteiger partial charge in [0.1, 0.15) is 11.3 Å². The van der Waals surface area contributed by atoms with Crippen LogP contribution in [0, 0.1) is 0 Å². The lowest BCUT2D eigenvalue weighted by atomic mass is 10.1. The molecular formula is C22H20N4O3. The average molecular weight is 388 g/mol. The SMILES string of the molecule is COc1ccc(-c2nc3cnn(C)c3c(=O)n2C=Cc2ccccc2)cc1OC. The fourth-order valence-electron chi connectivity index (χ4n) is 3.18. The van der Waals surface area contributed by atoms with Gasteiger partial charge >= 0.3 is 0 Å². The molecule has 7 heteroatoms. The van der Waals surface area contributed by atoms with Crippen LogP contribution in [0.25, 0.3) is 34.7 Å². The molecule has 0 aliphatic heterocycles. The van der Waals surface area contributed by atoms with Crippen LogP contribution in [0.4, 0.5) is 0 Å². The fraction of sp³-hybridized carbons (Fsp3) is 0.136. The summed E-state index contributed by atoms with van der Waals surface area (Å²) in [4.78, 5) is 18.0. The van der Waals surface area contributed by atoms with Gasteiger partial charge in [0.05, 0.1) is 20.4 Å². The summed E-state index contributed by atoms with van der Waals surface area (Å²) in [7, 11) is 4.88.